The smallest absolute Gasteiger partial charge is 0.175 e. The Morgan fingerprint density at radius 1 is 1.38 bits per heavy atom. The van der Waals surface area contributed by atoms with Gasteiger partial charge in [-0.25, -0.2) is 0 Å². The molecule has 1 atom stereocenters. The Kier molecular flexibility index (Phi) is 3.71. The first-order chi connectivity index (χ1) is 7.74. The number of aliphatic hydroxyl groups excluding tert-OH is 1. The van der Waals surface area contributed by atoms with Crippen LogP contribution < -0.4 is 9.47 Å². The van der Waals surface area contributed by atoms with Crippen LogP contribution in [0.5, 0.6) is 11.5 Å². The molecule has 0 radical (unpaired) electrons. The average molecular weight is 287 g/mol. The van der Waals surface area contributed by atoms with E-state index in [1.165, 1.54) is 0 Å². The molecule has 1 unspecified atom stereocenters. The topological polar surface area (TPSA) is 38.7 Å². The van der Waals surface area contributed by atoms with Gasteiger partial charge in [-0.3, -0.25) is 0 Å². The van der Waals surface area contributed by atoms with E-state index in [2.05, 4.69) is 15.9 Å². The van der Waals surface area contributed by atoms with Crippen LogP contribution in [0.1, 0.15) is 24.8 Å². The summed E-state index contributed by atoms with van der Waals surface area (Å²) in [5.41, 5.74) is 1.05. The van der Waals surface area contributed by atoms with Gasteiger partial charge in [0, 0.05) is 18.9 Å². The highest BCUT2D eigenvalue weighted by atomic mass is 79.9. The van der Waals surface area contributed by atoms with Crippen LogP contribution in [0, 0.1) is 0 Å². The number of hydrogen-bond donors (Lipinski definition) is 1. The normalized spacial score (nSPS) is 16.7. The predicted octanol–water partition coefficient (Wildman–Crippen LogP) is 2.71. The third-order valence-corrected chi connectivity index (χ3v) is 3.51. The number of ether oxygens (including phenoxy) is 2. The maximum absolute atomic E-state index is 9.18. The maximum Gasteiger partial charge on any atom is 0.175 e. The van der Waals surface area contributed by atoms with Gasteiger partial charge in [0.2, 0.25) is 0 Å². The minimum atomic E-state index is 0.0894. The minimum Gasteiger partial charge on any atom is -0.490 e. The van der Waals surface area contributed by atoms with E-state index < -0.39 is 0 Å². The van der Waals surface area contributed by atoms with Crippen LogP contribution in [0.3, 0.4) is 0 Å². The zero-order chi connectivity index (χ0) is 11.5. The van der Waals surface area contributed by atoms with Gasteiger partial charge in [-0.1, -0.05) is 13.0 Å². The second kappa shape index (κ2) is 5.06. The Labute approximate surface area is 104 Å². The molecule has 0 bridgehead atoms. The Bertz CT molecular complexity index is 379. The molecule has 3 nitrogen and oxygen atoms in total. The number of rotatable bonds is 2. The highest BCUT2D eigenvalue weighted by molar-refractivity contribution is 9.10. The van der Waals surface area contributed by atoms with Gasteiger partial charge in [-0.15, -0.1) is 0 Å². The first kappa shape index (κ1) is 11.7. The number of fused-ring (bicyclic) bond motifs is 1. The molecule has 0 amide bonds. The van der Waals surface area contributed by atoms with Gasteiger partial charge in [0.15, 0.2) is 11.5 Å². The lowest BCUT2D eigenvalue weighted by Crippen LogP contribution is -2.02. The SMILES string of the molecule is CC(CO)c1ccc2c(c1Br)OCCCO2. The summed E-state index contributed by atoms with van der Waals surface area (Å²) >= 11 is 3.53. The van der Waals surface area contributed by atoms with Crippen molar-refractivity contribution in [3.63, 3.8) is 0 Å². The molecule has 1 aliphatic rings. The highest BCUT2D eigenvalue weighted by Crippen LogP contribution is 2.41. The molecule has 16 heavy (non-hydrogen) atoms. The van der Waals surface area contributed by atoms with Crippen molar-refractivity contribution in [2.75, 3.05) is 19.8 Å². The average Bonchev–Trinajstić information content (AvgIpc) is 2.54. The van der Waals surface area contributed by atoms with Gasteiger partial charge < -0.3 is 14.6 Å². The third kappa shape index (κ3) is 2.18. The molecule has 1 aromatic carbocycles. The molecule has 2 rings (SSSR count). The molecule has 0 fully saturated rings. The van der Waals surface area contributed by atoms with Crippen LogP contribution >= 0.6 is 15.9 Å². The minimum absolute atomic E-state index is 0.0894. The quantitative estimate of drug-likeness (QED) is 0.909. The van der Waals surface area contributed by atoms with E-state index in [0.717, 1.165) is 28.0 Å². The Morgan fingerprint density at radius 2 is 2.12 bits per heavy atom. The Morgan fingerprint density at radius 3 is 2.88 bits per heavy atom. The van der Waals surface area contributed by atoms with E-state index in [9.17, 15) is 5.11 Å². The fraction of sp³-hybridized carbons (Fsp3) is 0.500. The molecule has 1 aromatic rings. The van der Waals surface area contributed by atoms with Crippen molar-refractivity contribution < 1.29 is 14.6 Å². The van der Waals surface area contributed by atoms with E-state index in [0.29, 0.717) is 13.2 Å². The van der Waals surface area contributed by atoms with Crippen LogP contribution in [0.2, 0.25) is 0 Å². The summed E-state index contributed by atoms with van der Waals surface area (Å²) in [5, 5.41) is 9.18. The van der Waals surface area contributed by atoms with Crippen molar-refractivity contribution >= 4 is 15.9 Å². The molecule has 1 aliphatic heterocycles. The second-order valence-corrected chi connectivity index (χ2v) is 4.72. The van der Waals surface area contributed by atoms with Crippen molar-refractivity contribution in [1.29, 1.82) is 0 Å². The molecule has 1 N–H and O–H groups in total. The largest absolute Gasteiger partial charge is 0.490 e. The summed E-state index contributed by atoms with van der Waals surface area (Å²) in [5.74, 6) is 1.63. The third-order valence-electron chi connectivity index (χ3n) is 2.69. The predicted molar refractivity (Wildman–Crippen MR) is 65.2 cm³/mol. The summed E-state index contributed by atoms with van der Waals surface area (Å²) in [6.07, 6.45) is 0.895. The van der Waals surface area contributed by atoms with Crippen LogP contribution in [0.4, 0.5) is 0 Å². The van der Waals surface area contributed by atoms with E-state index in [1.807, 2.05) is 19.1 Å². The molecular weight excluding hydrogens is 272 g/mol. The first-order valence-corrected chi connectivity index (χ1v) is 6.22. The molecule has 0 saturated heterocycles. The molecule has 0 saturated carbocycles. The zero-order valence-corrected chi connectivity index (χ0v) is 10.8. The van der Waals surface area contributed by atoms with E-state index in [-0.39, 0.29) is 12.5 Å². The van der Waals surface area contributed by atoms with Gasteiger partial charge >= 0.3 is 0 Å². The lowest BCUT2D eigenvalue weighted by Gasteiger charge is -2.16. The van der Waals surface area contributed by atoms with E-state index >= 15 is 0 Å². The van der Waals surface area contributed by atoms with Crippen LogP contribution in [0.15, 0.2) is 16.6 Å². The van der Waals surface area contributed by atoms with Gasteiger partial charge in [0.1, 0.15) is 0 Å². The lowest BCUT2D eigenvalue weighted by atomic mass is 10.0. The van der Waals surface area contributed by atoms with Crippen LogP contribution in [0.25, 0.3) is 0 Å². The van der Waals surface area contributed by atoms with E-state index in [4.69, 9.17) is 9.47 Å². The van der Waals surface area contributed by atoms with Crippen LogP contribution in [-0.2, 0) is 0 Å². The second-order valence-electron chi connectivity index (χ2n) is 3.93. The number of aliphatic hydroxyl groups is 1. The fourth-order valence-corrected chi connectivity index (χ4v) is 2.53. The lowest BCUT2D eigenvalue weighted by molar-refractivity contribution is 0.272. The Balaban J connectivity index is 2.41. The van der Waals surface area contributed by atoms with E-state index in [1.54, 1.807) is 0 Å². The molecule has 0 aromatic heterocycles. The Hall–Kier alpha value is -0.740. The summed E-state index contributed by atoms with van der Waals surface area (Å²) < 4.78 is 12.1. The van der Waals surface area contributed by atoms with Crippen molar-refractivity contribution in [2.45, 2.75) is 19.3 Å². The van der Waals surface area contributed by atoms with Gasteiger partial charge in [-0.2, -0.15) is 0 Å². The van der Waals surface area contributed by atoms with Crippen molar-refractivity contribution in [2.24, 2.45) is 0 Å². The number of hydrogen-bond acceptors (Lipinski definition) is 3. The summed E-state index contributed by atoms with van der Waals surface area (Å²) in [6, 6.07) is 3.88. The molecule has 0 aliphatic carbocycles. The van der Waals surface area contributed by atoms with Crippen molar-refractivity contribution in [1.82, 2.24) is 0 Å². The molecular formula is C12H15BrO3. The standard InChI is InChI=1S/C12H15BrO3/c1-8(7-14)9-3-4-10-12(11(9)13)16-6-2-5-15-10/h3-4,8,14H,2,5-7H2,1H3. The first-order valence-electron chi connectivity index (χ1n) is 5.43. The maximum atomic E-state index is 9.18. The summed E-state index contributed by atoms with van der Waals surface area (Å²) in [7, 11) is 0. The summed E-state index contributed by atoms with van der Waals surface area (Å²) in [4.78, 5) is 0. The van der Waals surface area contributed by atoms with Gasteiger partial charge in [0.05, 0.1) is 17.7 Å². The molecule has 4 heteroatoms. The molecule has 1 heterocycles. The van der Waals surface area contributed by atoms with Gasteiger partial charge in [-0.05, 0) is 27.6 Å². The molecule has 88 valence electrons. The summed E-state index contributed by atoms with van der Waals surface area (Å²) in [6.45, 7) is 3.46. The number of halogens is 1. The van der Waals surface area contributed by atoms with Crippen LogP contribution in [-0.4, -0.2) is 24.9 Å². The zero-order valence-electron chi connectivity index (χ0n) is 9.20. The number of benzene rings is 1. The van der Waals surface area contributed by atoms with Gasteiger partial charge in [0.25, 0.3) is 0 Å². The fourth-order valence-electron chi connectivity index (χ4n) is 1.70. The monoisotopic (exact) mass is 286 g/mol. The van der Waals surface area contributed by atoms with Crippen molar-refractivity contribution in [3.8, 4) is 11.5 Å². The van der Waals surface area contributed by atoms with Crippen molar-refractivity contribution in [3.05, 3.63) is 22.2 Å². The highest BCUT2D eigenvalue weighted by Gasteiger charge is 2.19. The molecule has 0 spiro atoms.